The third-order valence-electron chi connectivity index (χ3n) is 2.93. The van der Waals surface area contributed by atoms with Crippen molar-refractivity contribution in [3.63, 3.8) is 0 Å². The van der Waals surface area contributed by atoms with E-state index < -0.39 is 0 Å². The fraction of sp³-hybridized carbons (Fsp3) is 0.357. The molecule has 0 spiro atoms. The molecule has 1 aromatic heterocycles. The Labute approximate surface area is 96.5 Å². The summed E-state index contributed by atoms with van der Waals surface area (Å²) in [6, 6.07) is 8.49. The molecular formula is C14H18NO+. The fourth-order valence-electron chi connectivity index (χ4n) is 2.17. The molecule has 0 radical (unpaired) electrons. The van der Waals surface area contributed by atoms with Crippen molar-refractivity contribution < 1.29 is 9.30 Å². The van der Waals surface area contributed by atoms with Crippen molar-refractivity contribution in [2.24, 2.45) is 7.05 Å². The quantitative estimate of drug-likeness (QED) is 0.719. The first-order valence-corrected chi connectivity index (χ1v) is 5.72. The van der Waals surface area contributed by atoms with E-state index in [4.69, 9.17) is 4.74 Å². The molecule has 0 N–H and O–H groups in total. The summed E-state index contributed by atoms with van der Waals surface area (Å²) in [6.07, 6.45) is 4.34. The second-order valence-electron chi connectivity index (χ2n) is 4.06. The maximum absolute atomic E-state index is 5.42. The van der Waals surface area contributed by atoms with Gasteiger partial charge >= 0.3 is 0 Å². The second kappa shape index (κ2) is 4.52. The van der Waals surface area contributed by atoms with Crippen LogP contribution in [0, 0.1) is 0 Å². The van der Waals surface area contributed by atoms with Crippen LogP contribution in [-0.4, -0.2) is 7.11 Å². The Morgan fingerprint density at radius 3 is 2.75 bits per heavy atom. The van der Waals surface area contributed by atoms with Gasteiger partial charge in [-0.1, -0.05) is 19.4 Å². The van der Waals surface area contributed by atoms with Gasteiger partial charge in [0.2, 0.25) is 0 Å². The lowest BCUT2D eigenvalue weighted by atomic mass is 10.0. The highest BCUT2D eigenvalue weighted by Crippen LogP contribution is 2.25. The summed E-state index contributed by atoms with van der Waals surface area (Å²) in [7, 11) is 3.78. The maximum Gasteiger partial charge on any atom is 0.254 e. The molecule has 2 rings (SSSR count). The van der Waals surface area contributed by atoms with Crippen LogP contribution < -0.4 is 9.30 Å². The van der Waals surface area contributed by atoms with Gasteiger partial charge in [0.05, 0.1) is 12.5 Å². The molecule has 1 aromatic carbocycles. The monoisotopic (exact) mass is 216 g/mol. The van der Waals surface area contributed by atoms with Gasteiger partial charge in [0.25, 0.3) is 5.52 Å². The van der Waals surface area contributed by atoms with Gasteiger partial charge in [0.15, 0.2) is 11.9 Å². The molecule has 1 heterocycles. The van der Waals surface area contributed by atoms with Gasteiger partial charge in [-0.2, -0.15) is 4.57 Å². The first-order chi connectivity index (χ1) is 7.77. The second-order valence-corrected chi connectivity index (χ2v) is 4.06. The fourth-order valence-corrected chi connectivity index (χ4v) is 2.17. The van der Waals surface area contributed by atoms with Crippen LogP contribution in [0.2, 0.25) is 0 Å². The number of nitrogens with zero attached hydrogens (tertiary/aromatic N) is 1. The molecule has 16 heavy (non-hydrogen) atoms. The van der Waals surface area contributed by atoms with E-state index in [2.05, 4.69) is 49.0 Å². The molecule has 0 saturated carbocycles. The maximum atomic E-state index is 5.42. The van der Waals surface area contributed by atoms with E-state index in [0.717, 1.165) is 12.2 Å². The Hall–Kier alpha value is -1.57. The zero-order chi connectivity index (χ0) is 11.5. The van der Waals surface area contributed by atoms with E-state index in [1.165, 1.54) is 22.9 Å². The first kappa shape index (κ1) is 10.9. The van der Waals surface area contributed by atoms with Gasteiger partial charge in [0, 0.05) is 6.07 Å². The van der Waals surface area contributed by atoms with Gasteiger partial charge in [-0.05, 0) is 24.1 Å². The van der Waals surface area contributed by atoms with E-state index in [0.29, 0.717) is 0 Å². The van der Waals surface area contributed by atoms with Crippen molar-refractivity contribution in [1.29, 1.82) is 0 Å². The van der Waals surface area contributed by atoms with Gasteiger partial charge in [-0.15, -0.1) is 0 Å². The smallest absolute Gasteiger partial charge is 0.254 e. The van der Waals surface area contributed by atoms with Crippen LogP contribution in [-0.2, 0) is 13.5 Å². The Bertz CT molecular complexity index is 505. The normalized spacial score (nSPS) is 10.7. The zero-order valence-corrected chi connectivity index (χ0v) is 10.2. The molecule has 0 aliphatic rings. The highest BCUT2D eigenvalue weighted by atomic mass is 16.5. The number of hydrogen-bond acceptors (Lipinski definition) is 1. The Balaban J connectivity index is 2.75. The predicted molar refractivity (Wildman–Crippen MR) is 65.7 cm³/mol. The lowest BCUT2D eigenvalue weighted by molar-refractivity contribution is -0.645. The largest absolute Gasteiger partial charge is 0.490 e. The highest BCUT2D eigenvalue weighted by molar-refractivity contribution is 5.84. The van der Waals surface area contributed by atoms with Crippen molar-refractivity contribution in [2.75, 3.05) is 7.11 Å². The number of fused-ring (bicyclic) bond motifs is 1. The number of hydrogen-bond donors (Lipinski definition) is 0. The number of aryl methyl sites for hydroxylation is 2. The van der Waals surface area contributed by atoms with E-state index in [1.54, 1.807) is 7.11 Å². The van der Waals surface area contributed by atoms with Crippen molar-refractivity contribution in [3.05, 3.63) is 36.0 Å². The molecule has 0 bridgehead atoms. The highest BCUT2D eigenvalue weighted by Gasteiger charge is 2.13. The summed E-state index contributed by atoms with van der Waals surface area (Å²) in [6.45, 7) is 2.21. The Morgan fingerprint density at radius 1 is 1.25 bits per heavy atom. The van der Waals surface area contributed by atoms with E-state index in [-0.39, 0.29) is 0 Å². The summed E-state index contributed by atoms with van der Waals surface area (Å²) in [5.41, 5.74) is 2.57. The third-order valence-corrected chi connectivity index (χ3v) is 2.93. The lowest BCUT2D eigenvalue weighted by Gasteiger charge is -2.07. The van der Waals surface area contributed by atoms with Crippen LogP contribution in [0.4, 0.5) is 0 Å². The summed E-state index contributed by atoms with van der Waals surface area (Å²) < 4.78 is 7.54. The minimum atomic E-state index is 0.943. The third kappa shape index (κ3) is 1.75. The average molecular weight is 216 g/mol. The van der Waals surface area contributed by atoms with Crippen LogP contribution in [0.5, 0.6) is 5.75 Å². The van der Waals surface area contributed by atoms with Crippen LogP contribution in [0.25, 0.3) is 10.9 Å². The molecule has 0 aliphatic heterocycles. The van der Waals surface area contributed by atoms with Crippen LogP contribution in [0.1, 0.15) is 18.9 Å². The molecule has 0 fully saturated rings. The molecular weight excluding hydrogens is 198 g/mol. The molecule has 0 saturated heterocycles. The van der Waals surface area contributed by atoms with E-state index in [1.807, 2.05) is 0 Å². The summed E-state index contributed by atoms with van der Waals surface area (Å²) in [5, 5.41) is 1.30. The zero-order valence-electron chi connectivity index (χ0n) is 10.2. The van der Waals surface area contributed by atoms with Crippen molar-refractivity contribution in [1.82, 2.24) is 0 Å². The summed E-state index contributed by atoms with van der Waals surface area (Å²) >= 11 is 0. The van der Waals surface area contributed by atoms with Gasteiger partial charge in [-0.25, -0.2) is 0 Å². The van der Waals surface area contributed by atoms with Gasteiger partial charge in [0.1, 0.15) is 7.05 Å². The van der Waals surface area contributed by atoms with Crippen molar-refractivity contribution in [3.8, 4) is 5.75 Å². The molecule has 2 aromatic rings. The molecule has 0 aliphatic carbocycles. The summed E-state index contributed by atoms with van der Waals surface area (Å²) in [5.74, 6) is 0.943. The molecule has 84 valence electrons. The number of pyridine rings is 1. The van der Waals surface area contributed by atoms with Crippen LogP contribution in [0.15, 0.2) is 30.5 Å². The van der Waals surface area contributed by atoms with Crippen LogP contribution >= 0.6 is 0 Å². The average Bonchev–Trinajstić information content (AvgIpc) is 2.30. The minimum Gasteiger partial charge on any atom is -0.490 e. The number of benzene rings is 1. The van der Waals surface area contributed by atoms with E-state index in [9.17, 15) is 0 Å². The first-order valence-electron chi connectivity index (χ1n) is 5.72. The number of ether oxygens (including phenoxy) is 1. The SMILES string of the molecule is CCCc1ccc(OC)c2c1ccc[n+]2C. The Kier molecular flexibility index (Phi) is 3.09. The number of methoxy groups -OCH3 is 1. The predicted octanol–water partition coefficient (Wildman–Crippen LogP) is 2.63. The molecule has 2 nitrogen and oxygen atoms in total. The number of aromatic nitrogens is 1. The van der Waals surface area contributed by atoms with Crippen LogP contribution in [0.3, 0.4) is 0 Å². The van der Waals surface area contributed by atoms with Crippen molar-refractivity contribution >= 4 is 10.9 Å². The minimum absolute atomic E-state index is 0.943. The summed E-state index contributed by atoms with van der Waals surface area (Å²) in [4.78, 5) is 0. The molecule has 2 heteroatoms. The standard InChI is InChI=1S/C14H18NO/c1-4-6-11-8-9-13(16-3)14-12(11)7-5-10-15(14)2/h5,7-10H,4,6H2,1-3H3/q+1. The Morgan fingerprint density at radius 2 is 2.06 bits per heavy atom. The number of rotatable bonds is 3. The lowest BCUT2D eigenvalue weighted by Crippen LogP contribution is -2.28. The molecule has 0 unspecified atom stereocenters. The molecule has 0 amide bonds. The van der Waals surface area contributed by atoms with Crippen molar-refractivity contribution in [2.45, 2.75) is 19.8 Å². The van der Waals surface area contributed by atoms with Gasteiger partial charge < -0.3 is 4.74 Å². The van der Waals surface area contributed by atoms with E-state index >= 15 is 0 Å². The van der Waals surface area contributed by atoms with Gasteiger partial charge in [-0.3, -0.25) is 0 Å². The molecule has 0 atom stereocenters. The topological polar surface area (TPSA) is 13.1 Å².